The first kappa shape index (κ1) is 7.43. The molecule has 0 aromatic carbocycles. The van der Waals surface area contributed by atoms with Crippen LogP contribution in [-0.2, 0) is 0 Å². The number of aromatic nitrogens is 1. The Morgan fingerprint density at radius 3 is 2.92 bits per heavy atom. The van der Waals surface area contributed by atoms with Gasteiger partial charge in [-0.2, -0.15) is 0 Å². The molecule has 0 bridgehead atoms. The Balaban J connectivity index is 2.28. The summed E-state index contributed by atoms with van der Waals surface area (Å²) in [6, 6.07) is 1.84. The van der Waals surface area contributed by atoms with Gasteiger partial charge in [0, 0.05) is 22.9 Å². The van der Waals surface area contributed by atoms with E-state index < -0.39 is 0 Å². The number of rotatable bonds is 1. The molecule has 0 atom stereocenters. The highest BCUT2D eigenvalue weighted by atomic mass is 32.1. The molecule has 12 heavy (non-hydrogen) atoms. The fourth-order valence-electron chi connectivity index (χ4n) is 1.08. The molecule has 0 spiro atoms. The van der Waals surface area contributed by atoms with Gasteiger partial charge in [0.15, 0.2) is 0 Å². The summed E-state index contributed by atoms with van der Waals surface area (Å²) in [7, 11) is 0. The van der Waals surface area contributed by atoms with Gasteiger partial charge >= 0.3 is 0 Å². The van der Waals surface area contributed by atoms with Crippen LogP contribution in [-0.4, -0.2) is 10.0 Å². The van der Waals surface area contributed by atoms with Gasteiger partial charge in [-0.25, -0.2) is 0 Å². The fraction of sp³-hybridized carbons (Fsp3) is 0.111. The molecule has 0 saturated carbocycles. The van der Waals surface area contributed by atoms with Gasteiger partial charge in [0.1, 0.15) is 12.0 Å². The normalized spacial score (nSPS) is 16.3. The quantitative estimate of drug-likeness (QED) is 0.616. The molecule has 60 valence electrons. The van der Waals surface area contributed by atoms with E-state index in [0.29, 0.717) is 0 Å². The lowest BCUT2D eigenvalue weighted by atomic mass is 10.0. The van der Waals surface area contributed by atoms with E-state index in [9.17, 15) is 0 Å². The van der Waals surface area contributed by atoms with E-state index in [-0.39, 0.29) is 0 Å². The highest BCUT2D eigenvalue weighted by Gasteiger charge is 2.05. The second-order valence-corrected chi connectivity index (χ2v) is 3.07. The summed E-state index contributed by atoms with van der Waals surface area (Å²) in [6.07, 6.45) is 8.34. The van der Waals surface area contributed by atoms with Crippen molar-refractivity contribution in [3.05, 3.63) is 36.3 Å². The number of thiocarbonyl (C=S) groups is 1. The third-order valence-electron chi connectivity index (χ3n) is 1.71. The number of allylic oxidation sites excluding steroid dienone is 4. The summed E-state index contributed by atoms with van der Waals surface area (Å²) in [5.74, 6) is 0. The second-order valence-electron chi connectivity index (χ2n) is 2.55. The predicted molar refractivity (Wildman–Crippen MR) is 50.8 cm³/mol. The number of nitrogens with zero attached hydrogens (tertiary/aromatic N) is 1. The van der Waals surface area contributed by atoms with Crippen molar-refractivity contribution in [1.82, 2.24) is 5.16 Å². The molecule has 0 N–H and O–H groups in total. The third kappa shape index (κ3) is 1.36. The molecule has 2 rings (SSSR count). The van der Waals surface area contributed by atoms with E-state index in [1.807, 2.05) is 18.2 Å². The molecule has 1 aliphatic carbocycles. The molecule has 1 aromatic rings. The van der Waals surface area contributed by atoms with Crippen molar-refractivity contribution < 1.29 is 4.52 Å². The van der Waals surface area contributed by atoms with Crippen molar-refractivity contribution in [3.8, 4) is 0 Å². The number of hydrogen-bond acceptors (Lipinski definition) is 3. The molecule has 0 aliphatic heterocycles. The van der Waals surface area contributed by atoms with Gasteiger partial charge in [-0.15, -0.1) is 0 Å². The lowest BCUT2D eigenvalue weighted by molar-refractivity contribution is 0.418. The summed E-state index contributed by atoms with van der Waals surface area (Å²) in [6.45, 7) is 0. The minimum atomic E-state index is 0.827. The second kappa shape index (κ2) is 3.03. The Labute approximate surface area is 75.6 Å². The molecule has 0 unspecified atom stereocenters. The molecule has 0 radical (unpaired) electrons. The van der Waals surface area contributed by atoms with Gasteiger partial charge < -0.3 is 4.52 Å². The highest BCUT2D eigenvalue weighted by molar-refractivity contribution is 7.80. The lowest BCUT2D eigenvalue weighted by Gasteiger charge is -2.02. The van der Waals surface area contributed by atoms with Crippen LogP contribution >= 0.6 is 12.2 Å². The van der Waals surface area contributed by atoms with Crippen LogP contribution in [0.15, 0.2) is 35.1 Å². The zero-order chi connectivity index (χ0) is 8.39. The topological polar surface area (TPSA) is 26.0 Å². The molecule has 0 saturated heterocycles. The molecule has 0 fully saturated rings. The molecule has 2 nitrogen and oxygen atoms in total. The van der Waals surface area contributed by atoms with Gasteiger partial charge in [0.05, 0.1) is 0 Å². The minimum Gasteiger partial charge on any atom is -0.364 e. The maximum atomic E-state index is 5.01. The average Bonchev–Trinajstić information content (AvgIpc) is 2.58. The van der Waals surface area contributed by atoms with Crippen molar-refractivity contribution in [2.75, 3.05) is 0 Å². The van der Waals surface area contributed by atoms with Crippen LogP contribution < -0.4 is 0 Å². The van der Waals surface area contributed by atoms with E-state index in [0.717, 1.165) is 22.6 Å². The van der Waals surface area contributed by atoms with Crippen LogP contribution in [0.4, 0.5) is 0 Å². The summed E-state index contributed by atoms with van der Waals surface area (Å²) in [5, 5.41) is 3.83. The standard InChI is InChI=1S/C9H7NOS/c12-8-3-1-7(2-4-8)9-5-6-11-10-9/h1-3,5-6H,4H2. The molecule has 1 aromatic heterocycles. The highest BCUT2D eigenvalue weighted by Crippen LogP contribution is 2.18. The Kier molecular flexibility index (Phi) is 1.87. The minimum absolute atomic E-state index is 0.827. The summed E-state index contributed by atoms with van der Waals surface area (Å²) < 4.78 is 4.74. The first-order valence-corrected chi connectivity index (χ1v) is 4.09. The summed E-state index contributed by atoms with van der Waals surface area (Å²) in [5.41, 5.74) is 1.95. The smallest absolute Gasteiger partial charge is 0.124 e. The maximum Gasteiger partial charge on any atom is 0.124 e. The third-order valence-corrected chi connectivity index (χ3v) is 2.01. The van der Waals surface area contributed by atoms with Gasteiger partial charge in [-0.1, -0.05) is 29.5 Å². The Bertz CT molecular complexity index is 349. The van der Waals surface area contributed by atoms with Crippen LogP contribution in [0.25, 0.3) is 5.57 Å². The van der Waals surface area contributed by atoms with Crippen molar-refractivity contribution in [3.63, 3.8) is 0 Å². The largest absolute Gasteiger partial charge is 0.364 e. The number of hydrogen-bond donors (Lipinski definition) is 0. The zero-order valence-corrected chi connectivity index (χ0v) is 7.17. The summed E-state index contributed by atoms with van der Waals surface area (Å²) in [4.78, 5) is 0.960. The van der Waals surface area contributed by atoms with Crippen molar-refractivity contribution in [2.45, 2.75) is 6.42 Å². The first-order valence-electron chi connectivity index (χ1n) is 3.68. The van der Waals surface area contributed by atoms with Crippen molar-refractivity contribution >= 4 is 22.7 Å². The van der Waals surface area contributed by atoms with Crippen LogP contribution in [0, 0.1) is 0 Å². The SMILES string of the molecule is S=C1C=CC(c2ccon2)=CC1. The predicted octanol–water partition coefficient (Wildman–Crippen LogP) is 2.39. The van der Waals surface area contributed by atoms with E-state index >= 15 is 0 Å². The van der Waals surface area contributed by atoms with Crippen LogP contribution in [0.1, 0.15) is 12.1 Å². The summed E-state index contributed by atoms with van der Waals surface area (Å²) >= 11 is 5.01. The first-order chi connectivity index (χ1) is 5.86. The van der Waals surface area contributed by atoms with E-state index in [2.05, 4.69) is 11.2 Å². The van der Waals surface area contributed by atoms with E-state index in [4.69, 9.17) is 16.7 Å². The van der Waals surface area contributed by atoms with Gasteiger partial charge in [0.2, 0.25) is 0 Å². The van der Waals surface area contributed by atoms with Crippen molar-refractivity contribution in [1.29, 1.82) is 0 Å². The van der Waals surface area contributed by atoms with Gasteiger partial charge in [0.25, 0.3) is 0 Å². The van der Waals surface area contributed by atoms with E-state index in [1.54, 1.807) is 6.26 Å². The Hall–Kier alpha value is -1.22. The van der Waals surface area contributed by atoms with Crippen LogP contribution in [0.3, 0.4) is 0 Å². The Morgan fingerprint density at radius 1 is 1.42 bits per heavy atom. The van der Waals surface area contributed by atoms with Gasteiger partial charge in [-0.05, 0) is 6.08 Å². The molecular weight excluding hydrogens is 170 g/mol. The molecule has 1 heterocycles. The molecule has 1 aliphatic rings. The monoisotopic (exact) mass is 177 g/mol. The molecule has 0 amide bonds. The Morgan fingerprint density at radius 2 is 2.33 bits per heavy atom. The average molecular weight is 177 g/mol. The van der Waals surface area contributed by atoms with E-state index in [1.165, 1.54) is 0 Å². The maximum absolute atomic E-state index is 5.01. The van der Waals surface area contributed by atoms with Crippen molar-refractivity contribution in [2.24, 2.45) is 0 Å². The van der Waals surface area contributed by atoms with Gasteiger partial charge in [-0.3, -0.25) is 0 Å². The fourth-order valence-corrected chi connectivity index (χ4v) is 1.23. The molecule has 3 heteroatoms. The van der Waals surface area contributed by atoms with Crippen LogP contribution in [0.2, 0.25) is 0 Å². The zero-order valence-electron chi connectivity index (χ0n) is 6.36. The molecular formula is C9H7NOS. The van der Waals surface area contributed by atoms with Crippen LogP contribution in [0.5, 0.6) is 0 Å². The lowest BCUT2D eigenvalue weighted by Crippen LogP contribution is -1.93.